The number of benzene rings is 2. The van der Waals surface area contributed by atoms with Crippen LogP contribution in [0.25, 0.3) is 0 Å². The van der Waals surface area contributed by atoms with Gasteiger partial charge in [0.25, 0.3) is 0 Å². The fourth-order valence-corrected chi connectivity index (χ4v) is 9.49. The normalized spacial score (nSPS) is 20.8. The number of phenolic OH excluding ortho intramolecular Hbond substituents is 1. The van der Waals surface area contributed by atoms with Gasteiger partial charge in [-0.2, -0.15) is 0 Å². The minimum absolute atomic E-state index is 0.114. The average Bonchev–Trinajstić information content (AvgIpc) is 3.29. The molecular weight excluding hydrogens is 1070 g/mol. The van der Waals surface area contributed by atoms with Crippen molar-refractivity contribution in [1.29, 1.82) is 0 Å². The van der Waals surface area contributed by atoms with E-state index < -0.39 is 30.3 Å². The molecule has 264 valence electrons. The summed E-state index contributed by atoms with van der Waals surface area (Å²) in [6.07, 6.45) is 11.8. The molecule has 2 aromatic rings. The van der Waals surface area contributed by atoms with Crippen molar-refractivity contribution in [3.63, 3.8) is 0 Å². The summed E-state index contributed by atoms with van der Waals surface area (Å²) < 4.78 is 9.03. The molecule has 1 unspecified atom stereocenters. The Balaban J connectivity index is 1.48. The number of unbranched alkanes of at least 4 members (excludes halogenated alkanes) is 3. The third-order valence-corrected chi connectivity index (χ3v) is 11.5. The van der Waals surface area contributed by atoms with Crippen molar-refractivity contribution >= 4 is 102 Å². The molecule has 6 atom stereocenters. The van der Waals surface area contributed by atoms with E-state index in [0.29, 0.717) is 50.7 Å². The van der Waals surface area contributed by atoms with Gasteiger partial charge in [0.15, 0.2) is 5.75 Å². The lowest BCUT2D eigenvalue weighted by atomic mass is 9.89. The molecule has 0 aromatic heterocycles. The van der Waals surface area contributed by atoms with Crippen LogP contribution in [0, 0.1) is 26.1 Å². The molecule has 1 aliphatic rings. The third kappa shape index (κ3) is 13.1. The first-order chi connectivity index (χ1) is 22.8. The molecule has 1 saturated carbocycles. The van der Waals surface area contributed by atoms with E-state index in [4.69, 9.17) is 4.74 Å². The van der Waals surface area contributed by atoms with Crippen molar-refractivity contribution in [3.8, 4) is 17.2 Å². The second-order valence-electron chi connectivity index (χ2n) is 12.0. The summed E-state index contributed by atoms with van der Waals surface area (Å²) in [6, 6.07) is 6.09. The first-order valence-electron chi connectivity index (χ1n) is 16.0. The van der Waals surface area contributed by atoms with E-state index >= 15 is 0 Å². The Kier molecular flexibility index (Phi) is 18.2. The molecule has 48 heavy (non-hydrogen) atoms. The molecule has 0 radical (unpaired) electrons. The number of hydrogen-bond acceptors (Lipinski definition) is 7. The lowest BCUT2D eigenvalue weighted by Crippen LogP contribution is -2.42. The van der Waals surface area contributed by atoms with Gasteiger partial charge < -0.3 is 35.6 Å². The van der Waals surface area contributed by atoms with Crippen molar-refractivity contribution in [3.05, 3.63) is 68.4 Å². The maximum Gasteiger partial charge on any atom is 0.326 e. The highest BCUT2D eigenvalue weighted by atomic mass is 127. The number of aromatic hydroxyl groups is 1. The van der Waals surface area contributed by atoms with Gasteiger partial charge in [0, 0.05) is 25.2 Å². The summed E-state index contributed by atoms with van der Waals surface area (Å²) in [6.45, 7) is 2.11. The van der Waals surface area contributed by atoms with Crippen molar-refractivity contribution in [1.82, 2.24) is 5.32 Å². The van der Waals surface area contributed by atoms with Crippen LogP contribution < -0.4 is 10.1 Å². The van der Waals surface area contributed by atoms with Gasteiger partial charge in [-0.25, -0.2) is 4.79 Å². The number of hydrogen-bond donors (Lipinski definition) is 6. The number of aliphatic carboxylic acids is 1. The van der Waals surface area contributed by atoms with Crippen LogP contribution in [0.2, 0.25) is 0 Å². The van der Waals surface area contributed by atoms with Crippen molar-refractivity contribution < 1.29 is 39.9 Å². The van der Waals surface area contributed by atoms with Crippen LogP contribution in [-0.4, -0.2) is 61.8 Å². The minimum Gasteiger partial charge on any atom is -0.506 e. The molecule has 3 rings (SSSR count). The van der Waals surface area contributed by atoms with Crippen LogP contribution in [0.15, 0.2) is 48.6 Å². The Morgan fingerprint density at radius 2 is 1.65 bits per heavy atom. The highest BCUT2D eigenvalue weighted by Crippen LogP contribution is 2.38. The van der Waals surface area contributed by atoms with Crippen molar-refractivity contribution in [2.24, 2.45) is 11.8 Å². The molecule has 1 aliphatic carbocycles. The van der Waals surface area contributed by atoms with Gasteiger partial charge >= 0.3 is 5.97 Å². The summed E-state index contributed by atoms with van der Waals surface area (Å²) >= 11 is 8.38. The Morgan fingerprint density at radius 1 is 0.979 bits per heavy atom. The summed E-state index contributed by atoms with van der Waals surface area (Å²) in [4.78, 5) is 24.7. The number of nitrogens with one attached hydrogen (secondary N) is 1. The van der Waals surface area contributed by atoms with Gasteiger partial charge in [-0.3, -0.25) is 4.79 Å². The second-order valence-corrected chi connectivity index (χ2v) is 16.7. The molecule has 9 nitrogen and oxygen atoms in total. The van der Waals surface area contributed by atoms with Crippen LogP contribution in [0.4, 0.5) is 0 Å². The van der Waals surface area contributed by atoms with Crippen LogP contribution in [0.3, 0.4) is 0 Å². The van der Waals surface area contributed by atoms with Gasteiger partial charge in [-0.15, -0.1) is 0 Å². The zero-order valence-corrected chi connectivity index (χ0v) is 35.3. The predicted octanol–water partition coefficient (Wildman–Crippen LogP) is 7.69. The van der Waals surface area contributed by atoms with Gasteiger partial charge in [0.1, 0.15) is 17.5 Å². The van der Waals surface area contributed by atoms with E-state index in [1.807, 2.05) is 75.5 Å². The number of aliphatic hydroxyl groups is 3. The molecule has 0 heterocycles. The quantitative estimate of drug-likeness (QED) is 0.0505. The van der Waals surface area contributed by atoms with Gasteiger partial charge in [0.2, 0.25) is 5.91 Å². The first kappa shape index (κ1) is 41.7. The Labute approximate surface area is 337 Å². The fraction of sp³-hybridized carbons (Fsp3) is 0.486. The number of halogens is 4. The number of aliphatic hydroxyl groups excluding tert-OH is 3. The first-order valence-corrected chi connectivity index (χ1v) is 20.4. The predicted molar refractivity (Wildman–Crippen MR) is 219 cm³/mol. The molecule has 1 amide bonds. The van der Waals surface area contributed by atoms with Gasteiger partial charge in [0.05, 0.1) is 32.6 Å². The number of rotatable bonds is 18. The monoisotopic (exact) mass is 1110 g/mol. The highest BCUT2D eigenvalue weighted by Gasteiger charge is 2.39. The second kappa shape index (κ2) is 20.9. The topological polar surface area (TPSA) is 157 Å². The van der Waals surface area contributed by atoms with Gasteiger partial charge in [-0.1, -0.05) is 50.5 Å². The number of carboxylic acids is 1. The van der Waals surface area contributed by atoms with E-state index in [1.165, 1.54) is 0 Å². The van der Waals surface area contributed by atoms with Crippen LogP contribution >= 0.6 is 90.4 Å². The summed E-state index contributed by atoms with van der Waals surface area (Å²) in [7, 11) is 0. The molecule has 1 fully saturated rings. The highest BCUT2D eigenvalue weighted by molar-refractivity contribution is 14.1. The van der Waals surface area contributed by atoms with Crippen LogP contribution in [0.5, 0.6) is 17.2 Å². The number of allylic oxidation sites excluding steroid dienone is 2. The van der Waals surface area contributed by atoms with E-state index in [9.17, 15) is 35.1 Å². The zero-order valence-electron chi connectivity index (χ0n) is 26.6. The maximum absolute atomic E-state index is 12.7. The maximum atomic E-state index is 12.7. The number of carbonyl (C=O) groups excluding carboxylic acids is 1. The van der Waals surface area contributed by atoms with Gasteiger partial charge in [-0.05, 0) is 152 Å². The van der Waals surface area contributed by atoms with Crippen molar-refractivity contribution in [2.75, 3.05) is 0 Å². The number of carboxylic acid groups (broad SMARTS) is 1. The molecule has 2 aromatic carbocycles. The summed E-state index contributed by atoms with van der Waals surface area (Å²) in [5.74, 6) is -0.422. The van der Waals surface area contributed by atoms with Crippen LogP contribution in [0.1, 0.15) is 70.3 Å². The molecular formula is C35H43I4NO8. The standard InChI is InChI=1S/C35H43I4NO8/c1-2-3-6-9-21(41)12-13-24-23(30(42)19-31(24)43)10-7-4-5-8-11-32(44)40-29(35(46)47)16-20-14-27(38)34(28(39)15-20)48-22-17-25(36)33(45)26(37)18-22/h4,7,12-15,17-18,21,23-24,29-31,41-43,45H,2-3,5-6,8-11,16,19H2,1H3,(H,40,44)(H,46,47)/b7-4-,13-12+/t21-,23+,24+,29?,30-,31+/m0/s1. The fourth-order valence-electron chi connectivity index (χ4n) is 5.66. The van der Waals surface area contributed by atoms with E-state index in [0.717, 1.165) is 32.0 Å². The van der Waals surface area contributed by atoms with Crippen molar-refractivity contribution in [2.45, 2.75) is 95.5 Å². The molecule has 0 bridgehead atoms. The lowest BCUT2D eigenvalue weighted by molar-refractivity contribution is -0.141. The number of amides is 1. The SMILES string of the molecule is CCCCC[C@H](O)/C=C/[C@@H]1[C@@H](C/C=C\CCCC(=O)NC(Cc2cc(I)c(Oc3cc(I)c(O)c(I)c3)c(I)c2)C(=O)O)[C@@H](O)C[C@H]1O. The van der Waals surface area contributed by atoms with E-state index in [1.54, 1.807) is 18.2 Å². The Bertz CT molecular complexity index is 1410. The van der Waals surface area contributed by atoms with Crippen LogP contribution in [-0.2, 0) is 16.0 Å². The van der Waals surface area contributed by atoms with E-state index in [-0.39, 0.29) is 36.3 Å². The molecule has 13 heteroatoms. The largest absolute Gasteiger partial charge is 0.506 e. The zero-order chi connectivity index (χ0) is 35.4. The summed E-state index contributed by atoms with van der Waals surface area (Å²) in [5.41, 5.74) is 0.750. The number of ether oxygens (including phenoxy) is 1. The summed E-state index contributed by atoms with van der Waals surface area (Å²) in [5, 5.41) is 53.7. The molecule has 0 aliphatic heterocycles. The smallest absolute Gasteiger partial charge is 0.326 e. The number of carbonyl (C=O) groups is 2. The molecule has 0 spiro atoms. The Morgan fingerprint density at radius 3 is 2.27 bits per heavy atom. The molecule has 0 saturated heterocycles. The average molecular weight is 1110 g/mol. The van der Waals surface area contributed by atoms with E-state index in [2.05, 4.69) is 57.4 Å². The molecule has 6 N–H and O–H groups in total. The lowest BCUT2D eigenvalue weighted by Gasteiger charge is -2.19. The minimum atomic E-state index is -1.11. The third-order valence-electron chi connectivity index (χ3n) is 8.27. The Hall–Kier alpha value is -0.740. The number of phenols is 1.